The molecule has 5 heteroatoms. The average Bonchev–Trinajstić information content (AvgIpc) is 2.83. The number of hydrogen-bond acceptors (Lipinski definition) is 2. The number of nitrogens with one attached hydrogen (secondary N) is 1. The Labute approximate surface area is 189 Å². The lowest BCUT2D eigenvalue weighted by atomic mass is 10.0. The van der Waals surface area contributed by atoms with Gasteiger partial charge in [0.25, 0.3) is 0 Å². The summed E-state index contributed by atoms with van der Waals surface area (Å²) in [5.74, 6) is -0.894. The second-order valence-corrected chi connectivity index (χ2v) is 7.53. The Kier molecular flexibility index (Phi) is 7.81. The van der Waals surface area contributed by atoms with Crippen molar-refractivity contribution in [2.24, 2.45) is 0 Å². The first-order chi connectivity index (χ1) is 15.5. The zero-order valence-electron chi connectivity index (χ0n) is 18.4. The maximum atomic E-state index is 12.6. The summed E-state index contributed by atoms with van der Waals surface area (Å²) in [4.78, 5) is 25.4. The Morgan fingerprint density at radius 2 is 1.66 bits per heavy atom. The van der Waals surface area contributed by atoms with Crippen molar-refractivity contribution in [1.29, 1.82) is 0 Å². The lowest BCUT2D eigenvalue weighted by molar-refractivity contribution is -0.132. The van der Waals surface area contributed by atoms with E-state index in [9.17, 15) is 14.7 Å². The van der Waals surface area contributed by atoms with Gasteiger partial charge in [0.2, 0.25) is 0 Å². The van der Waals surface area contributed by atoms with Crippen LogP contribution >= 0.6 is 0 Å². The summed E-state index contributed by atoms with van der Waals surface area (Å²) in [5, 5.41) is 12.2. The zero-order chi connectivity index (χ0) is 22.9. The molecular formula is C27H28N2O3. The molecule has 164 valence electrons. The molecule has 0 aliphatic heterocycles. The maximum absolute atomic E-state index is 12.6. The molecule has 32 heavy (non-hydrogen) atoms. The second kappa shape index (κ2) is 11.0. The minimum atomic E-state index is -0.894. The lowest BCUT2D eigenvalue weighted by Gasteiger charge is -2.19. The monoisotopic (exact) mass is 428 g/mol. The van der Waals surface area contributed by atoms with E-state index in [0.29, 0.717) is 18.5 Å². The Balaban J connectivity index is 1.66. The highest BCUT2D eigenvalue weighted by molar-refractivity contribution is 5.93. The van der Waals surface area contributed by atoms with Crippen LogP contribution in [0.1, 0.15) is 24.5 Å². The number of urea groups is 1. The van der Waals surface area contributed by atoms with Crippen LogP contribution in [0, 0.1) is 0 Å². The van der Waals surface area contributed by atoms with Gasteiger partial charge in [-0.3, -0.25) is 4.90 Å². The van der Waals surface area contributed by atoms with Gasteiger partial charge < -0.3 is 10.4 Å². The molecular weight excluding hydrogens is 400 g/mol. The summed E-state index contributed by atoms with van der Waals surface area (Å²) in [7, 11) is 1.75. The summed E-state index contributed by atoms with van der Waals surface area (Å²) in [6.45, 7) is 2.39. The molecule has 5 nitrogen and oxygen atoms in total. The number of benzene rings is 3. The van der Waals surface area contributed by atoms with Gasteiger partial charge in [0.1, 0.15) is 0 Å². The third-order valence-electron chi connectivity index (χ3n) is 5.31. The number of hydrogen-bond donors (Lipinski definition) is 2. The lowest BCUT2D eigenvalue weighted by Crippen LogP contribution is -2.38. The molecule has 0 unspecified atom stereocenters. The Morgan fingerprint density at radius 3 is 2.31 bits per heavy atom. The van der Waals surface area contributed by atoms with Crippen LogP contribution in [-0.2, 0) is 11.2 Å². The van der Waals surface area contributed by atoms with Gasteiger partial charge in [-0.05, 0) is 53.3 Å². The molecule has 3 aromatic carbocycles. The molecule has 3 rings (SSSR count). The molecule has 0 aliphatic carbocycles. The predicted octanol–water partition coefficient (Wildman–Crippen LogP) is 5.62. The van der Waals surface area contributed by atoms with Gasteiger partial charge in [0.05, 0.1) is 0 Å². The van der Waals surface area contributed by atoms with Gasteiger partial charge >= 0.3 is 12.0 Å². The summed E-state index contributed by atoms with van der Waals surface area (Å²) in [6.07, 6.45) is 2.94. The van der Waals surface area contributed by atoms with Crippen LogP contribution in [0.25, 0.3) is 17.2 Å². The zero-order valence-corrected chi connectivity index (χ0v) is 18.4. The average molecular weight is 429 g/mol. The van der Waals surface area contributed by atoms with E-state index in [1.165, 1.54) is 5.56 Å². The highest BCUT2D eigenvalue weighted by atomic mass is 16.4. The van der Waals surface area contributed by atoms with Gasteiger partial charge in [-0.1, -0.05) is 73.7 Å². The molecule has 0 saturated heterocycles. The van der Waals surface area contributed by atoms with Crippen molar-refractivity contribution < 1.29 is 14.7 Å². The minimum absolute atomic E-state index is 0.153. The molecule has 3 aromatic rings. The summed E-state index contributed by atoms with van der Waals surface area (Å²) >= 11 is 0. The van der Waals surface area contributed by atoms with Crippen molar-refractivity contribution in [1.82, 2.24) is 5.32 Å². The number of carboxylic acid groups (broad SMARTS) is 1. The smallest absolute Gasteiger partial charge is 0.331 e. The summed E-state index contributed by atoms with van der Waals surface area (Å²) < 4.78 is 0. The normalized spacial score (nSPS) is 11.1. The quantitative estimate of drug-likeness (QED) is 0.458. The van der Waals surface area contributed by atoms with Crippen LogP contribution in [0.3, 0.4) is 0 Å². The van der Waals surface area contributed by atoms with Gasteiger partial charge in [0, 0.05) is 24.9 Å². The van der Waals surface area contributed by atoms with Crippen molar-refractivity contribution >= 4 is 23.8 Å². The maximum Gasteiger partial charge on any atom is 0.331 e. The molecule has 0 aromatic heterocycles. The van der Waals surface area contributed by atoms with E-state index >= 15 is 0 Å². The fourth-order valence-electron chi connectivity index (χ4n) is 3.38. The van der Waals surface area contributed by atoms with E-state index in [4.69, 9.17) is 0 Å². The fraction of sp³-hybridized carbons (Fsp3) is 0.185. The molecule has 0 fully saturated rings. The molecule has 0 spiro atoms. The Hall–Kier alpha value is -3.86. The van der Waals surface area contributed by atoms with Crippen LogP contribution in [-0.4, -0.2) is 30.7 Å². The number of amides is 2. The topological polar surface area (TPSA) is 69.6 Å². The van der Waals surface area contributed by atoms with Crippen LogP contribution in [0.15, 0.2) is 84.4 Å². The third-order valence-corrected chi connectivity index (χ3v) is 5.31. The number of carbonyl (C=O) groups is 2. The van der Waals surface area contributed by atoms with E-state index in [2.05, 4.69) is 5.32 Å². The second-order valence-electron chi connectivity index (χ2n) is 7.53. The largest absolute Gasteiger partial charge is 0.478 e. The minimum Gasteiger partial charge on any atom is -0.478 e. The van der Waals surface area contributed by atoms with E-state index < -0.39 is 5.97 Å². The van der Waals surface area contributed by atoms with Crippen LogP contribution in [0.5, 0.6) is 0 Å². The number of nitrogens with zero attached hydrogens (tertiary/aromatic N) is 1. The van der Waals surface area contributed by atoms with Crippen LogP contribution < -0.4 is 10.2 Å². The van der Waals surface area contributed by atoms with E-state index in [1.54, 1.807) is 18.0 Å². The molecule has 0 radical (unpaired) electrons. The summed E-state index contributed by atoms with van der Waals surface area (Å²) in [6, 6.07) is 25.4. The molecule has 0 heterocycles. The first-order valence-electron chi connectivity index (χ1n) is 10.7. The number of aliphatic carboxylic acids is 1. The number of anilines is 1. The van der Waals surface area contributed by atoms with Gasteiger partial charge in [-0.25, -0.2) is 9.59 Å². The highest BCUT2D eigenvalue weighted by Gasteiger charge is 2.11. The fourth-order valence-corrected chi connectivity index (χ4v) is 3.38. The van der Waals surface area contributed by atoms with E-state index in [0.717, 1.165) is 28.8 Å². The number of rotatable bonds is 8. The Bertz CT molecular complexity index is 1090. The van der Waals surface area contributed by atoms with Crippen LogP contribution in [0.4, 0.5) is 10.5 Å². The van der Waals surface area contributed by atoms with Gasteiger partial charge in [0.15, 0.2) is 0 Å². The highest BCUT2D eigenvalue weighted by Crippen LogP contribution is 2.25. The summed E-state index contributed by atoms with van der Waals surface area (Å²) in [5.41, 5.74) is 5.18. The van der Waals surface area contributed by atoms with E-state index in [1.807, 2.05) is 85.8 Å². The molecule has 0 atom stereocenters. The van der Waals surface area contributed by atoms with Crippen molar-refractivity contribution in [3.8, 4) is 11.1 Å². The first kappa shape index (κ1) is 22.8. The molecule has 0 saturated carbocycles. The SMILES string of the molecule is CC/C(=C/c1ccc(-c2cccc(N(C)C(=O)NCCc3ccccc3)c2)cc1)C(=O)O. The third kappa shape index (κ3) is 6.08. The standard InChI is InChI=1S/C27H28N2O3/c1-3-22(26(30)31)18-21-12-14-23(15-13-21)24-10-7-11-25(19-24)29(2)27(32)28-17-16-20-8-5-4-6-9-20/h4-15,18-19H,3,16-17H2,1-2H3,(H,28,32)(H,30,31)/b22-18-. The van der Waals surface area contributed by atoms with Gasteiger partial charge in [-0.2, -0.15) is 0 Å². The van der Waals surface area contributed by atoms with Crippen molar-refractivity contribution in [3.05, 3.63) is 95.6 Å². The van der Waals surface area contributed by atoms with Gasteiger partial charge in [-0.15, -0.1) is 0 Å². The molecule has 2 N–H and O–H groups in total. The number of carbonyl (C=O) groups excluding carboxylic acids is 1. The van der Waals surface area contributed by atoms with Crippen molar-refractivity contribution in [3.63, 3.8) is 0 Å². The number of carboxylic acids is 1. The van der Waals surface area contributed by atoms with Crippen molar-refractivity contribution in [2.45, 2.75) is 19.8 Å². The van der Waals surface area contributed by atoms with Crippen molar-refractivity contribution in [2.75, 3.05) is 18.5 Å². The predicted molar refractivity (Wildman–Crippen MR) is 130 cm³/mol. The molecule has 0 bridgehead atoms. The van der Waals surface area contributed by atoms with E-state index in [-0.39, 0.29) is 6.03 Å². The van der Waals surface area contributed by atoms with Crippen LogP contribution in [0.2, 0.25) is 0 Å². The molecule has 0 aliphatic rings. The first-order valence-corrected chi connectivity index (χ1v) is 10.7. The molecule has 2 amide bonds. The Morgan fingerprint density at radius 1 is 0.938 bits per heavy atom.